The molecule has 2 aliphatic rings. The summed E-state index contributed by atoms with van der Waals surface area (Å²) >= 11 is 0. The Balaban J connectivity index is 1.34. The zero-order chi connectivity index (χ0) is 32.8. The van der Waals surface area contributed by atoms with E-state index in [-0.39, 0.29) is 61.1 Å². The number of aromatic nitrogens is 1. The number of sulfonamides is 1. The zero-order valence-electron chi connectivity index (χ0n) is 26.0. The van der Waals surface area contributed by atoms with Gasteiger partial charge in [-0.1, -0.05) is 44.2 Å². The lowest BCUT2D eigenvalue weighted by Gasteiger charge is -2.31. The van der Waals surface area contributed by atoms with Crippen LogP contribution in [0.1, 0.15) is 32.8 Å². The van der Waals surface area contributed by atoms with Gasteiger partial charge in [-0.2, -0.15) is 9.29 Å². The van der Waals surface area contributed by atoms with Crippen molar-refractivity contribution in [1.82, 2.24) is 14.6 Å². The van der Waals surface area contributed by atoms with Crippen LogP contribution in [0.15, 0.2) is 57.8 Å². The number of nitrogens with zero attached hydrogens (tertiary/aromatic N) is 2. The Hall–Kier alpha value is -3.76. The van der Waals surface area contributed by atoms with Crippen LogP contribution >= 0.6 is 0 Å². The van der Waals surface area contributed by atoms with Crippen LogP contribution in [0.2, 0.25) is 0 Å². The van der Waals surface area contributed by atoms with Gasteiger partial charge < -0.3 is 33.8 Å². The predicted molar refractivity (Wildman–Crippen MR) is 165 cm³/mol. The van der Waals surface area contributed by atoms with Crippen molar-refractivity contribution in [3.63, 3.8) is 0 Å². The first kappa shape index (κ1) is 33.6. The number of hydrogen-bond donors (Lipinski definition) is 3. The van der Waals surface area contributed by atoms with Crippen molar-refractivity contribution in [2.24, 2.45) is 11.8 Å². The van der Waals surface area contributed by atoms with Crippen molar-refractivity contribution in [2.45, 2.75) is 63.0 Å². The summed E-state index contributed by atoms with van der Waals surface area (Å²) in [6.45, 7) is 6.06. The molecule has 3 heterocycles. The number of aliphatic hydroxyl groups is 1. The maximum atomic E-state index is 14.0. The van der Waals surface area contributed by atoms with Gasteiger partial charge in [0.2, 0.25) is 10.0 Å². The number of nitrogens with one attached hydrogen (secondary N) is 2. The van der Waals surface area contributed by atoms with Crippen molar-refractivity contribution in [1.29, 1.82) is 0 Å². The van der Waals surface area contributed by atoms with Crippen molar-refractivity contribution < 1.29 is 46.5 Å². The highest BCUT2D eigenvalue weighted by molar-refractivity contribution is 7.89. The van der Waals surface area contributed by atoms with Crippen LogP contribution in [-0.2, 0) is 35.4 Å². The molecule has 5 unspecified atom stereocenters. The summed E-state index contributed by atoms with van der Waals surface area (Å²) in [5.74, 6) is -0.153. The number of carbonyl (C=O) groups excluding carboxylic acids is 2. The molecule has 2 fully saturated rings. The SMILES string of the molecule is CCOC(=O)Nc1nc2ccc(S(=O)(=O)N(CC(C)C)CC(O)C(Cc3ccccc3)NC(=O)OC3COC4OCCC34)cc2o1. The molecule has 0 radical (unpaired) electrons. The van der Waals surface area contributed by atoms with Gasteiger partial charge in [0.25, 0.3) is 0 Å². The number of rotatable bonds is 13. The van der Waals surface area contributed by atoms with Crippen molar-refractivity contribution in [3.05, 3.63) is 54.1 Å². The normalized spacial score (nSPS) is 20.9. The number of aliphatic hydroxyl groups excluding tert-OH is 1. The summed E-state index contributed by atoms with van der Waals surface area (Å²) in [7, 11) is -4.17. The molecule has 46 heavy (non-hydrogen) atoms. The van der Waals surface area contributed by atoms with Crippen molar-refractivity contribution >= 4 is 39.3 Å². The fourth-order valence-corrected chi connectivity index (χ4v) is 7.20. The first-order valence-corrected chi connectivity index (χ1v) is 16.7. The van der Waals surface area contributed by atoms with E-state index in [1.54, 1.807) is 6.92 Å². The Morgan fingerprint density at radius 3 is 2.63 bits per heavy atom. The van der Waals surface area contributed by atoms with Gasteiger partial charge in [0.05, 0.1) is 42.8 Å². The Kier molecular flexibility index (Phi) is 10.8. The maximum absolute atomic E-state index is 14.0. The summed E-state index contributed by atoms with van der Waals surface area (Å²) < 4.78 is 56.3. The maximum Gasteiger partial charge on any atom is 0.415 e. The van der Waals surface area contributed by atoms with Crippen LogP contribution in [0.5, 0.6) is 0 Å². The molecular formula is C31H40N4O10S. The standard InChI is InChI=1S/C31H40N4O10S/c1-4-41-30(37)34-29-32-23-11-10-21(15-26(23)44-29)46(39,40)35(16-19(2)3)17-25(36)24(14-20-8-6-5-7-9-20)33-31(38)45-27-18-43-28-22(27)12-13-42-28/h5-11,15,19,22,24-25,27-28,36H,4,12-14,16-18H2,1-3H3,(H,33,38)(H,32,34,37). The molecule has 2 amide bonds. The lowest BCUT2D eigenvalue weighted by atomic mass is 10.0. The first-order valence-electron chi connectivity index (χ1n) is 15.3. The number of benzene rings is 2. The fraction of sp³-hybridized carbons (Fsp3) is 0.516. The lowest BCUT2D eigenvalue weighted by molar-refractivity contribution is -0.0907. The zero-order valence-corrected chi connectivity index (χ0v) is 26.8. The molecule has 5 rings (SSSR count). The summed E-state index contributed by atoms with van der Waals surface area (Å²) in [6, 6.07) is 12.4. The fourth-order valence-electron chi connectivity index (χ4n) is 5.56. The van der Waals surface area contributed by atoms with Crippen LogP contribution in [0.4, 0.5) is 15.6 Å². The smallest absolute Gasteiger partial charge is 0.415 e. The van der Waals surface area contributed by atoms with E-state index in [1.807, 2.05) is 44.2 Å². The van der Waals surface area contributed by atoms with Crippen LogP contribution in [-0.4, -0.2) is 92.4 Å². The summed E-state index contributed by atoms with van der Waals surface area (Å²) in [6.07, 6.45) is -2.74. The average Bonchev–Trinajstić information content (AvgIpc) is 3.73. The van der Waals surface area contributed by atoms with Crippen LogP contribution < -0.4 is 10.6 Å². The molecule has 1 aromatic heterocycles. The Labute approximate surface area is 267 Å². The molecule has 250 valence electrons. The second-order valence-electron chi connectivity index (χ2n) is 11.7. The van der Waals surface area contributed by atoms with Crippen LogP contribution in [0.3, 0.4) is 0 Å². The third kappa shape index (κ3) is 8.14. The van der Waals surface area contributed by atoms with E-state index < -0.39 is 46.7 Å². The minimum Gasteiger partial charge on any atom is -0.450 e. The highest BCUT2D eigenvalue weighted by atomic mass is 32.2. The largest absolute Gasteiger partial charge is 0.450 e. The van der Waals surface area contributed by atoms with E-state index in [2.05, 4.69) is 15.6 Å². The monoisotopic (exact) mass is 660 g/mol. The number of hydrogen-bond acceptors (Lipinski definition) is 11. The third-order valence-corrected chi connectivity index (χ3v) is 9.58. The summed E-state index contributed by atoms with van der Waals surface area (Å²) in [5, 5.41) is 16.7. The number of ether oxygens (including phenoxy) is 4. The Morgan fingerprint density at radius 2 is 1.89 bits per heavy atom. The lowest BCUT2D eigenvalue weighted by Crippen LogP contribution is -2.51. The minimum absolute atomic E-state index is 0.0614. The van der Waals surface area contributed by atoms with E-state index in [9.17, 15) is 23.1 Å². The molecule has 2 saturated heterocycles. The van der Waals surface area contributed by atoms with Gasteiger partial charge in [0.15, 0.2) is 11.9 Å². The molecule has 2 aromatic carbocycles. The molecule has 0 aliphatic carbocycles. The first-order chi connectivity index (χ1) is 22.0. The number of fused-ring (bicyclic) bond motifs is 2. The van der Waals surface area contributed by atoms with Crippen molar-refractivity contribution in [2.75, 3.05) is 38.2 Å². The highest BCUT2D eigenvalue weighted by Gasteiger charge is 2.44. The number of carbonyl (C=O) groups is 2. The molecule has 0 saturated carbocycles. The van der Waals surface area contributed by atoms with Crippen LogP contribution in [0.25, 0.3) is 11.1 Å². The number of anilines is 1. The van der Waals surface area contributed by atoms with Gasteiger partial charge in [-0.25, -0.2) is 23.3 Å². The summed E-state index contributed by atoms with van der Waals surface area (Å²) in [5.41, 5.74) is 1.30. The molecule has 14 nitrogen and oxygen atoms in total. The van der Waals surface area contributed by atoms with Gasteiger partial charge >= 0.3 is 18.2 Å². The van der Waals surface area contributed by atoms with Gasteiger partial charge in [0.1, 0.15) is 11.6 Å². The average molecular weight is 661 g/mol. The summed E-state index contributed by atoms with van der Waals surface area (Å²) in [4.78, 5) is 28.9. The van der Waals surface area contributed by atoms with Crippen molar-refractivity contribution in [3.8, 4) is 0 Å². The van der Waals surface area contributed by atoms with E-state index in [0.717, 1.165) is 5.56 Å². The van der Waals surface area contributed by atoms with E-state index in [0.29, 0.717) is 18.5 Å². The number of amides is 2. The topological polar surface area (TPSA) is 179 Å². The van der Waals surface area contributed by atoms with E-state index in [4.69, 9.17) is 23.4 Å². The number of alkyl carbamates (subject to hydrolysis) is 1. The number of oxazole rings is 1. The second-order valence-corrected chi connectivity index (χ2v) is 13.6. The van der Waals surface area contributed by atoms with Gasteiger partial charge in [0, 0.05) is 19.2 Å². The van der Waals surface area contributed by atoms with Crippen LogP contribution in [0, 0.1) is 11.8 Å². The van der Waals surface area contributed by atoms with Gasteiger partial charge in [-0.15, -0.1) is 0 Å². The highest BCUT2D eigenvalue weighted by Crippen LogP contribution is 2.33. The Bertz CT molecular complexity index is 1600. The van der Waals surface area contributed by atoms with E-state index >= 15 is 0 Å². The quantitative estimate of drug-likeness (QED) is 0.244. The molecule has 3 aromatic rings. The molecule has 0 bridgehead atoms. The Morgan fingerprint density at radius 1 is 1.11 bits per heavy atom. The molecule has 3 N–H and O–H groups in total. The van der Waals surface area contributed by atoms with Gasteiger partial charge in [-0.05, 0) is 43.4 Å². The minimum atomic E-state index is -4.17. The van der Waals surface area contributed by atoms with E-state index in [1.165, 1.54) is 22.5 Å². The molecule has 15 heteroatoms. The van der Waals surface area contributed by atoms with Gasteiger partial charge in [-0.3, -0.25) is 0 Å². The molecule has 5 atom stereocenters. The second kappa shape index (κ2) is 14.8. The predicted octanol–water partition coefficient (Wildman–Crippen LogP) is 3.50. The third-order valence-electron chi connectivity index (χ3n) is 7.75. The molecule has 0 spiro atoms. The molecular weight excluding hydrogens is 620 g/mol. The molecule has 2 aliphatic heterocycles.